The van der Waals surface area contributed by atoms with Crippen molar-refractivity contribution in [3.8, 4) is 6.07 Å². The molecule has 4 aliphatic rings. The largest absolute Gasteiger partial charge is 0.349 e. The average Bonchev–Trinajstić information content (AvgIpc) is 4.05. The van der Waals surface area contributed by atoms with Gasteiger partial charge in [0, 0.05) is 28.7 Å². The number of halogens is 2. The van der Waals surface area contributed by atoms with E-state index >= 15 is 0 Å². The van der Waals surface area contributed by atoms with Gasteiger partial charge >= 0.3 is 0 Å². The number of pyridine rings is 1. The Morgan fingerprint density at radius 1 is 0.922 bits per heavy atom. The molecule has 0 radical (unpaired) electrons. The molecule has 12 nitrogen and oxygen atoms in total. The fourth-order valence-electron chi connectivity index (χ4n) is 6.75. The number of nitrogens with zero attached hydrogens (tertiary/aromatic N) is 5. The van der Waals surface area contributed by atoms with Crippen molar-refractivity contribution in [2.75, 3.05) is 4.90 Å². The number of rotatable bonds is 10. The van der Waals surface area contributed by atoms with Crippen LogP contribution in [0.5, 0.6) is 0 Å². The summed E-state index contributed by atoms with van der Waals surface area (Å²) in [6.07, 6.45) is 7.31. The maximum atomic E-state index is 14.4. The van der Waals surface area contributed by atoms with Gasteiger partial charge < -0.3 is 16.0 Å². The van der Waals surface area contributed by atoms with E-state index in [1.54, 1.807) is 66.1 Å². The van der Waals surface area contributed by atoms with Crippen LogP contribution in [0.4, 0.5) is 11.6 Å². The minimum Gasteiger partial charge on any atom is -0.349 e. The molecule has 3 saturated carbocycles. The van der Waals surface area contributed by atoms with Gasteiger partial charge in [0.05, 0.1) is 40.3 Å². The molecule has 0 unspecified atom stereocenters. The molecule has 14 heteroatoms. The first-order chi connectivity index (χ1) is 24.4. The molecule has 3 fully saturated rings. The summed E-state index contributed by atoms with van der Waals surface area (Å²) in [7, 11) is 0. The number of benzene rings is 2. The van der Waals surface area contributed by atoms with Crippen LogP contribution in [0, 0.1) is 11.3 Å². The van der Waals surface area contributed by atoms with Crippen molar-refractivity contribution in [3.05, 3.63) is 105 Å². The van der Waals surface area contributed by atoms with Crippen LogP contribution in [0.15, 0.2) is 67.0 Å². The molecule has 0 spiro atoms. The maximum absolute atomic E-state index is 14.4. The smallest absolute Gasteiger partial charge is 0.270 e. The summed E-state index contributed by atoms with van der Waals surface area (Å²) < 4.78 is 1.60. The van der Waals surface area contributed by atoms with Crippen LogP contribution in [0.25, 0.3) is 0 Å². The van der Waals surface area contributed by atoms with E-state index in [1.165, 1.54) is 17.3 Å². The SMILES string of the molecule is C[C@@]1(Cc2ccc(C#N)cc2)C(=O)N(c2cc(Cl)cc(Cl)c2)c2ncc(C(=O)NC3(C(=O)NC4(c5ccc(C(=O)NC6CC6)cn5)CC4)CC3)n21. The molecular weight excluding hydrogens is 691 g/mol. The topological polar surface area (TPSA) is 162 Å². The summed E-state index contributed by atoms with van der Waals surface area (Å²) in [5.41, 5.74) is -0.290. The first-order valence-corrected chi connectivity index (χ1v) is 17.5. The number of anilines is 2. The maximum Gasteiger partial charge on any atom is 0.270 e. The van der Waals surface area contributed by atoms with Crippen molar-refractivity contribution < 1.29 is 19.2 Å². The third-order valence-corrected chi connectivity index (χ3v) is 10.6. The lowest BCUT2D eigenvalue weighted by molar-refractivity contribution is -0.125. The number of amides is 4. The number of aromatic nitrogens is 3. The first-order valence-electron chi connectivity index (χ1n) is 16.7. The zero-order chi connectivity index (χ0) is 35.7. The van der Waals surface area contributed by atoms with E-state index in [0.717, 1.165) is 18.4 Å². The van der Waals surface area contributed by atoms with E-state index in [9.17, 15) is 24.4 Å². The predicted molar refractivity (Wildman–Crippen MR) is 188 cm³/mol. The number of fused-ring (bicyclic) bond motifs is 1. The minimum atomic E-state index is -1.33. The third kappa shape index (κ3) is 5.90. The van der Waals surface area contributed by atoms with Gasteiger partial charge in [0.15, 0.2) is 0 Å². The molecule has 3 N–H and O–H groups in total. The molecule has 0 saturated heterocycles. The van der Waals surface area contributed by atoms with Gasteiger partial charge in [0.2, 0.25) is 11.9 Å². The zero-order valence-electron chi connectivity index (χ0n) is 27.5. The van der Waals surface area contributed by atoms with E-state index < -0.39 is 22.5 Å². The Bertz CT molecular complexity index is 2150. The monoisotopic (exact) mass is 722 g/mol. The van der Waals surface area contributed by atoms with Crippen LogP contribution in [0.3, 0.4) is 0 Å². The van der Waals surface area contributed by atoms with Crippen molar-refractivity contribution in [3.63, 3.8) is 0 Å². The van der Waals surface area contributed by atoms with E-state index in [2.05, 4.69) is 32.0 Å². The summed E-state index contributed by atoms with van der Waals surface area (Å²) in [6, 6.07) is 17.5. The molecule has 1 aliphatic heterocycles. The Morgan fingerprint density at radius 2 is 1.63 bits per heavy atom. The van der Waals surface area contributed by atoms with E-state index in [-0.39, 0.29) is 41.8 Å². The van der Waals surface area contributed by atoms with Gasteiger partial charge in [-0.1, -0.05) is 35.3 Å². The molecule has 2 aromatic heterocycles. The number of carbonyl (C=O) groups is 4. The fourth-order valence-corrected chi connectivity index (χ4v) is 7.27. The van der Waals surface area contributed by atoms with Crippen molar-refractivity contribution in [2.45, 2.75) is 74.5 Å². The molecular formula is C37H32Cl2N8O4. The molecule has 0 bridgehead atoms. The van der Waals surface area contributed by atoms with Crippen molar-refractivity contribution in [2.24, 2.45) is 0 Å². The summed E-state index contributed by atoms with van der Waals surface area (Å²) in [5.74, 6) is -1.20. The van der Waals surface area contributed by atoms with Crippen LogP contribution >= 0.6 is 23.2 Å². The predicted octanol–water partition coefficient (Wildman–Crippen LogP) is 5.05. The van der Waals surface area contributed by atoms with Crippen molar-refractivity contribution >= 4 is 58.5 Å². The van der Waals surface area contributed by atoms with Crippen molar-refractivity contribution in [1.29, 1.82) is 5.26 Å². The second-order valence-corrected chi connectivity index (χ2v) is 14.9. The third-order valence-electron chi connectivity index (χ3n) is 10.1. The summed E-state index contributed by atoms with van der Waals surface area (Å²) in [5, 5.41) is 19.0. The highest BCUT2D eigenvalue weighted by molar-refractivity contribution is 6.35. The van der Waals surface area contributed by atoms with Gasteiger partial charge in [-0.05, 0) is 93.5 Å². The van der Waals surface area contributed by atoms with E-state index in [1.807, 2.05) is 0 Å². The Kier molecular flexibility index (Phi) is 7.70. The van der Waals surface area contributed by atoms with Gasteiger partial charge in [0.1, 0.15) is 16.8 Å². The van der Waals surface area contributed by atoms with Crippen LogP contribution in [-0.2, 0) is 27.1 Å². The van der Waals surface area contributed by atoms with Gasteiger partial charge in [-0.3, -0.25) is 28.7 Å². The molecule has 8 rings (SSSR count). The molecule has 51 heavy (non-hydrogen) atoms. The number of hydrogen-bond acceptors (Lipinski definition) is 7. The normalized spacial score (nSPS) is 20.6. The van der Waals surface area contributed by atoms with Gasteiger partial charge in [-0.2, -0.15) is 5.26 Å². The molecule has 3 aliphatic carbocycles. The van der Waals surface area contributed by atoms with E-state index in [4.69, 9.17) is 23.2 Å². The Balaban J connectivity index is 1.05. The Labute approximate surface area is 303 Å². The number of imidazole rings is 1. The molecule has 4 aromatic rings. The second kappa shape index (κ2) is 11.9. The molecule has 4 amide bonds. The molecule has 2 aromatic carbocycles. The Morgan fingerprint density at radius 3 is 2.22 bits per heavy atom. The van der Waals surface area contributed by atoms with Crippen LogP contribution in [0.2, 0.25) is 10.0 Å². The highest BCUT2D eigenvalue weighted by Gasteiger charge is 2.57. The lowest BCUT2D eigenvalue weighted by atomic mass is 9.91. The second-order valence-electron chi connectivity index (χ2n) is 14.1. The lowest BCUT2D eigenvalue weighted by Crippen LogP contribution is -2.52. The minimum absolute atomic E-state index is 0.104. The number of hydrogen-bond donors (Lipinski definition) is 3. The summed E-state index contributed by atoms with van der Waals surface area (Å²) >= 11 is 12.7. The zero-order valence-corrected chi connectivity index (χ0v) is 29.0. The van der Waals surface area contributed by atoms with Crippen LogP contribution < -0.4 is 20.9 Å². The summed E-state index contributed by atoms with van der Waals surface area (Å²) in [4.78, 5) is 65.2. The van der Waals surface area contributed by atoms with Crippen molar-refractivity contribution in [1.82, 2.24) is 30.5 Å². The number of nitrogens with one attached hydrogen (secondary N) is 3. The standard InChI is InChI=1S/C37H32Cl2N8O4/c1-35(17-21-2-4-22(18-40)5-3-21)33(51)46(27-15-24(38)14-25(39)16-27)34-42-20-28(47(34)35)31(49)44-37(12-13-37)32(50)45-36(10-11-36)29-9-6-23(19-41-29)30(48)43-26-7-8-26/h2-6,9,14-16,19-20,26H,7-8,10-13,17H2,1H3,(H,43,48)(H,44,49)(H,45,50)/t35-/m1/s1. The average molecular weight is 724 g/mol. The van der Waals surface area contributed by atoms with Gasteiger partial charge in [0.25, 0.3) is 17.7 Å². The summed E-state index contributed by atoms with van der Waals surface area (Å²) in [6.45, 7) is 1.73. The fraction of sp³-hybridized carbons (Fsp3) is 0.324. The first kappa shape index (κ1) is 32.9. The van der Waals surface area contributed by atoms with E-state index in [0.29, 0.717) is 58.2 Å². The van der Waals surface area contributed by atoms with Gasteiger partial charge in [-0.15, -0.1) is 0 Å². The van der Waals surface area contributed by atoms with Gasteiger partial charge in [-0.25, -0.2) is 9.88 Å². The van der Waals surface area contributed by atoms with Crippen LogP contribution in [-0.4, -0.2) is 49.7 Å². The highest BCUT2D eigenvalue weighted by Crippen LogP contribution is 2.47. The Hall–Kier alpha value is -5.25. The highest BCUT2D eigenvalue weighted by atomic mass is 35.5. The van der Waals surface area contributed by atoms with Crippen LogP contribution in [0.1, 0.15) is 83.1 Å². The number of carbonyl (C=O) groups excluding carboxylic acids is 4. The molecule has 3 heterocycles. The molecule has 258 valence electrons. The molecule has 1 atom stereocenters. The number of nitriles is 1. The lowest BCUT2D eigenvalue weighted by Gasteiger charge is -2.27. The quantitative estimate of drug-likeness (QED) is 0.206.